The molecule has 0 unspecified atom stereocenters. The van der Waals surface area contributed by atoms with E-state index < -0.39 is 16.0 Å². The quantitative estimate of drug-likeness (QED) is 0.785. The highest BCUT2D eigenvalue weighted by atomic mass is 32.2. The standard InChI is InChI=1S/C9H12N2O4S/c1-11(2)8-4-3-6(16(10,14)15)5-7(8)9(12)13/h3-5H,1-2H3,(H,12,13)(H2,10,14,15). The number of rotatable bonds is 3. The van der Waals surface area contributed by atoms with Crippen molar-refractivity contribution < 1.29 is 18.3 Å². The number of hydrogen-bond acceptors (Lipinski definition) is 4. The van der Waals surface area contributed by atoms with Crippen molar-refractivity contribution in [3.63, 3.8) is 0 Å². The predicted octanol–water partition coefficient (Wildman–Crippen LogP) is 0.0982. The summed E-state index contributed by atoms with van der Waals surface area (Å²) in [6, 6.07) is 3.73. The number of anilines is 1. The van der Waals surface area contributed by atoms with Crippen LogP contribution in [0.3, 0.4) is 0 Å². The maximum Gasteiger partial charge on any atom is 0.337 e. The summed E-state index contributed by atoms with van der Waals surface area (Å²) in [5.41, 5.74) is 0.316. The Morgan fingerprint density at radius 2 is 1.94 bits per heavy atom. The average Bonchev–Trinajstić information content (AvgIpc) is 2.15. The van der Waals surface area contributed by atoms with Gasteiger partial charge in [-0.3, -0.25) is 0 Å². The molecule has 7 heteroatoms. The lowest BCUT2D eigenvalue weighted by Crippen LogP contribution is -2.17. The third-order valence-electron chi connectivity index (χ3n) is 2.01. The van der Waals surface area contributed by atoms with E-state index in [0.717, 1.165) is 6.07 Å². The number of sulfonamides is 1. The molecule has 0 aliphatic heterocycles. The first-order valence-electron chi connectivity index (χ1n) is 4.31. The van der Waals surface area contributed by atoms with Crippen LogP contribution >= 0.6 is 0 Å². The highest BCUT2D eigenvalue weighted by molar-refractivity contribution is 7.89. The van der Waals surface area contributed by atoms with Crippen LogP contribution in [0.4, 0.5) is 5.69 Å². The maximum atomic E-state index is 11.1. The molecule has 6 nitrogen and oxygen atoms in total. The van der Waals surface area contributed by atoms with Crippen molar-refractivity contribution in [2.24, 2.45) is 5.14 Å². The van der Waals surface area contributed by atoms with Crippen LogP contribution in [-0.2, 0) is 10.0 Å². The molecule has 16 heavy (non-hydrogen) atoms. The second-order valence-electron chi connectivity index (χ2n) is 3.42. The maximum absolute atomic E-state index is 11.1. The Bertz CT molecular complexity index is 522. The van der Waals surface area contributed by atoms with Gasteiger partial charge in [0.2, 0.25) is 10.0 Å². The second kappa shape index (κ2) is 4.11. The molecule has 0 heterocycles. The number of hydrogen-bond donors (Lipinski definition) is 2. The molecule has 0 atom stereocenters. The van der Waals surface area contributed by atoms with Gasteiger partial charge >= 0.3 is 5.97 Å². The Morgan fingerprint density at radius 1 is 1.38 bits per heavy atom. The first-order valence-corrected chi connectivity index (χ1v) is 5.85. The van der Waals surface area contributed by atoms with Gasteiger partial charge in [-0.2, -0.15) is 0 Å². The zero-order chi connectivity index (χ0) is 12.5. The molecule has 0 spiro atoms. The summed E-state index contributed by atoms with van der Waals surface area (Å²) in [5, 5.41) is 13.9. The summed E-state index contributed by atoms with van der Waals surface area (Å²) in [5.74, 6) is -1.20. The van der Waals surface area contributed by atoms with Crippen molar-refractivity contribution in [2.75, 3.05) is 19.0 Å². The Morgan fingerprint density at radius 3 is 2.31 bits per heavy atom. The molecular formula is C9H12N2O4S. The fourth-order valence-corrected chi connectivity index (χ4v) is 1.79. The summed E-state index contributed by atoms with van der Waals surface area (Å²) < 4.78 is 22.1. The van der Waals surface area contributed by atoms with Gasteiger partial charge in [0, 0.05) is 14.1 Å². The minimum atomic E-state index is -3.88. The third kappa shape index (κ3) is 2.50. The van der Waals surface area contributed by atoms with Gasteiger partial charge in [-0.15, -0.1) is 0 Å². The molecular weight excluding hydrogens is 232 g/mol. The lowest BCUT2D eigenvalue weighted by molar-refractivity contribution is 0.0697. The molecule has 1 aromatic carbocycles. The Balaban J connectivity index is 3.46. The van der Waals surface area contributed by atoms with E-state index in [4.69, 9.17) is 10.2 Å². The largest absolute Gasteiger partial charge is 0.478 e. The van der Waals surface area contributed by atoms with Crippen LogP contribution < -0.4 is 10.0 Å². The second-order valence-corrected chi connectivity index (χ2v) is 4.98. The van der Waals surface area contributed by atoms with E-state index in [2.05, 4.69) is 0 Å². The average molecular weight is 244 g/mol. The van der Waals surface area contributed by atoms with E-state index in [1.54, 1.807) is 19.0 Å². The summed E-state index contributed by atoms with van der Waals surface area (Å²) in [7, 11) is -0.553. The van der Waals surface area contributed by atoms with Gasteiger partial charge in [0.05, 0.1) is 16.1 Å². The number of nitrogens with zero attached hydrogens (tertiary/aromatic N) is 1. The molecule has 0 aliphatic carbocycles. The van der Waals surface area contributed by atoms with E-state index in [1.807, 2.05) is 0 Å². The molecule has 3 N–H and O–H groups in total. The predicted molar refractivity (Wildman–Crippen MR) is 59.1 cm³/mol. The topological polar surface area (TPSA) is 101 Å². The zero-order valence-corrected chi connectivity index (χ0v) is 9.65. The van der Waals surface area contributed by atoms with Crippen molar-refractivity contribution in [3.8, 4) is 0 Å². The Kier molecular flexibility index (Phi) is 3.20. The first-order chi connectivity index (χ1) is 7.23. The molecule has 0 saturated carbocycles. The first kappa shape index (κ1) is 12.5. The summed E-state index contributed by atoms with van der Waals surface area (Å²) in [6.45, 7) is 0. The van der Waals surface area contributed by atoms with Crippen molar-refractivity contribution >= 4 is 21.7 Å². The van der Waals surface area contributed by atoms with Crippen LogP contribution in [0.1, 0.15) is 10.4 Å². The van der Waals surface area contributed by atoms with E-state index in [-0.39, 0.29) is 10.5 Å². The van der Waals surface area contributed by atoms with Crippen molar-refractivity contribution in [1.82, 2.24) is 0 Å². The number of aromatic carboxylic acids is 1. The molecule has 0 radical (unpaired) electrons. The number of nitrogens with two attached hydrogens (primary N) is 1. The molecule has 0 amide bonds. The summed E-state index contributed by atoms with van der Waals surface area (Å²) in [4.78, 5) is 12.3. The fraction of sp³-hybridized carbons (Fsp3) is 0.222. The van der Waals surface area contributed by atoms with Crippen molar-refractivity contribution in [1.29, 1.82) is 0 Å². The Hall–Kier alpha value is -1.60. The van der Waals surface area contributed by atoms with E-state index in [1.165, 1.54) is 12.1 Å². The smallest absolute Gasteiger partial charge is 0.337 e. The molecule has 0 aliphatic rings. The van der Waals surface area contributed by atoms with Gasteiger partial charge in [-0.1, -0.05) is 0 Å². The third-order valence-corrected chi connectivity index (χ3v) is 2.92. The van der Waals surface area contributed by atoms with Crippen LogP contribution in [-0.4, -0.2) is 33.6 Å². The summed E-state index contributed by atoms with van der Waals surface area (Å²) in [6.07, 6.45) is 0. The Labute approximate surface area is 93.3 Å². The van der Waals surface area contributed by atoms with Crippen LogP contribution in [0, 0.1) is 0 Å². The fourth-order valence-electron chi connectivity index (χ4n) is 1.25. The highest BCUT2D eigenvalue weighted by Crippen LogP contribution is 2.21. The molecule has 0 bridgehead atoms. The highest BCUT2D eigenvalue weighted by Gasteiger charge is 2.16. The van der Waals surface area contributed by atoms with Crippen LogP contribution in [0.15, 0.2) is 23.1 Å². The molecule has 1 rings (SSSR count). The lowest BCUT2D eigenvalue weighted by atomic mass is 10.1. The summed E-state index contributed by atoms with van der Waals surface area (Å²) >= 11 is 0. The van der Waals surface area contributed by atoms with Crippen molar-refractivity contribution in [3.05, 3.63) is 23.8 Å². The van der Waals surface area contributed by atoms with E-state index in [9.17, 15) is 13.2 Å². The number of primary sulfonamides is 1. The molecule has 0 aromatic heterocycles. The normalized spacial score (nSPS) is 11.2. The van der Waals surface area contributed by atoms with Crippen molar-refractivity contribution in [2.45, 2.75) is 4.90 Å². The van der Waals surface area contributed by atoms with Gasteiger partial charge in [-0.05, 0) is 18.2 Å². The van der Waals surface area contributed by atoms with Crippen LogP contribution in [0.2, 0.25) is 0 Å². The van der Waals surface area contributed by atoms with E-state index >= 15 is 0 Å². The van der Waals surface area contributed by atoms with Gasteiger partial charge in [0.15, 0.2) is 0 Å². The van der Waals surface area contributed by atoms with Gasteiger partial charge in [0.25, 0.3) is 0 Å². The van der Waals surface area contributed by atoms with Crippen LogP contribution in [0.5, 0.6) is 0 Å². The molecule has 0 saturated heterocycles. The van der Waals surface area contributed by atoms with Gasteiger partial charge < -0.3 is 10.0 Å². The number of carbonyl (C=O) groups is 1. The minimum absolute atomic E-state index is 0.100. The monoisotopic (exact) mass is 244 g/mol. The van der Waals surface area contributed by atoms with Gasteiger partial charge in [0.1, 0.15) is 0 Å². The number of benzene rings is 1. The number of carboxylic acid groups (broad SMARTS) is 1. The van der Waals surface area contributed by atoms with Gasteiger partial charge in [-0.25, -0.2) is 18.4 Å². The minimum Gasteiger partial charge on any atom is -0.478 e. The lowest BCUT2D eigenvalue weighted by Gasteiger charge is -2.15. The molecule has 0 fully saturated rings. The van der Waals surface area contributed by atoms with Crippen LogP contribution in [0.25, 0.3) is 0 Å². The zero-order valence-electron chi connectivity index (χ0n) is 8.84. The SMILES string of the molecule is CN(C)c1ccc(S(N)(=O)=O)cc1C(=O)O. The molecule has 88 valence electrons. The van der Waals surface area contributed by atoms with E-state index in [0.29, 0.717) is 5.69 Å². The molecule has 1 aromatic rings. The number of carboxylic acids is 1.